The van der Waals surface area contributed by atoms with E-state index in [-0.39, 0.29) is 0 Å². The maximum absolute atomic E-state index is 4.50. The summed E-state index contributed by atoms with van der Waals surface area (Å²) in [7, 11) is 0. The monoisotopic (exact) mass is 150 g/mol. The van der Waals surface area contributed by atoms with E-state index in [9.17, 15) is 0 Å². The number of allylic oxidation sites excluding steroid dienone is 1. The van der Waals surface area contributed by atoms with Crippen LogP contribution in [-0.4, -0.2) is 23.2 Å². The molecular formula is C9H14N2. The molecule has 0 amide bonds. The highest BCUT2D eigenvalue weighted by Crippen LogP contribution is 2.25. The van der Waals surface area contributed by atoms with Gasteiger partial charge in [0.05, 0.1) is 6.04 Å². The highest BCUT2D eigenvalue weighted by atomic mass is 15.3. The lowest BCUT2D eigenvalue weighted by molar-refractivity contribution is 0.317. The molecule has 0 aromatic rings. The molecule has 2 rings (SSSR count). The molecule has 0 aromatic heterocycles. The molecule has 60 valence electrons. The molecule has 1 atom stereocenters. The Bertz CT molecular complexity index is 228. The quantitative estimate of drug-likeness (QED) is 0.514. The first-order valence-electron chi connectivity index (χ1n) is 4.31. The fraction of sp³-hybridized carbons (Fsp3) is 0.667. The Morgan fingerprint density at radius 2 is 2.45 bits per heavy atom. The molecule has 2 heteroatoms. The zero-order valence-electron chi connectivity index (χ0n) is 7.17. The number of hydrogen-bond donors (Lipinski definition) is 0. The van der Waals surface area contributed by atoms with E-state index in [0.717, 1.165) is 0 Å². The zero-order valence-corrected chi connectivity index (χ0v) is 7.17. The van der Waals surface area contributed by atoms with Gasteiger partial charge in [0.15, 0.2) is 0 Å². The van der Waals surface area contributed by atoms with Crippen molar-refractivity contribution in [1.82, 2.24) is 4.90 Å². The van der Waals surface area contributed by atoms with E-state index in [4.69, 9.17) is 0 Å². The number of aliphatic imine (C=N–C) groups is 1. The third-order valence-corrected chi connectivity index (χ3v) is 2.59. The normalized spacial score (nSPS) is 29.6. The minimum Gasteiger partial charge on any atom is -0.349 e. The largest absolute Gasteiger partial charge is 0.349 e. The number of rotatable bonds is 0. The third-order valence-electron chi connectivity index (χ3n) is 2.59. The Morgan fingerprint density at radius 3 is 3.18 bits per heavy atom. The average molecular weight is 150 g/mol. The van der Waals surface area contributed by atoms with E-state index in [0.29, 0.717) is 6.04 Å². The van der Waals surface area contributed by atoms with Crippen molar-refractivity contribution in [3.05, 3.63) is 11.9 Å². The highest BCUT2D eigenvalue weighted by molar-refractivity contribution is 5.90. The first kappa shape index (κ1) is 6.89. The van der Waals surface area contributed by atoms with Gasteiger partial charge in [0, 0.05) is 12.3 Å². The summed E-state index contributed by atoms with van der Waals surface area (Å²) in [4.78, 5) is 6.88. The van der Waals surface area contributed by atoms with Gasteiger partial charge in [0.2, 0.25) is 0 Å². The lowest BCUT2D eigenvalue weighted by Crippen LogP contribution is -2.33. The molecule has 0 radical (unpaired) electrons. The van der Waals surface area contributed by atoms with Crippen molar-refractivity contribution in [3.8, 4) is 0 Å². The van der Waals surface area contributed by atoms with E-state index in [1.54, 1.807) is 0 Å². The second kappa shape index (κ2) is 2.36. The van der Waals surface area contributed by atoms with Crippen molar-refractivity contribution in [3.63, 3.8) is 0 Å². The van der Waals surface area contributed by atoms with Gasteiger partial charge in [-0.3, -0.25) is 0 Å². The van der Waals surface area contributed by atoms with E-state index >= 15 is 0 Å². The summed E-state index contributed by atoms with van der Waals surface area (Å²) in [5, 5.41) is 0. The first-order chi connectivity index (χ1) is 5.29. The summed E-state index contributed by atoms with van der Waals surface area (Å²) >= 11 is 0. The van der Waals surface area contributed by atoms with Gasteiger partial charge < -0.3 is 4.90 Å². The molecule has 0 aromatic carbocycles. The van der Waals surface area contributed by atoms with E-state index in [2.05, 4.69) is 29.8 Å². The van der Waals surface area contributed by atoms with Gasteiger partial charge in [0.1, 0.15) is 5.82 Å². The molecule has 0 bridgehead atoms. The van der Waals surface area contributed by atoms with E-state index in [1.807, 2.05) is 0 Å². The second-order valence-corrected chi connectivity index (χ2v) is 3.33. The Kier molecular flexibility index (Phi) is 1.48. The molecule has 11 heavy (non-hydrogen) atoms. The van der Waals surface area contributed by atoms with Crippen molar-refractivity contribution in [1.29, 1.82) is 0 Å². The van der Waals surface area contributed by atoms with Crippen LogP contribution in [-0.2, 0) is 0 Å². The maximum atomic E-state index is 4.50. The Hall–Kier alpha value is -0.790. The molecule has 0 saturated carbocycles. The molecule has 0 aliphatic carbocycles. The van der Waals surface area contributed by atoms with Gasteiger partial charge in [-0.1, -0.05) is 0 Å². The van der Waals surface area contributed by atoms with Crippen LogP contribution in [0.2, 0.25) is 0 Å². The fourth-order valence-corrected chi connectivity index (χ4v) is 1.73. The minimum absolute atomic E-state index is 0.543. The van der Waals surface area contributed by atoms with Gasteiger partial charge >= 0.3 is 0 Å². The van der Waals surface area contributed by atoms with Crippen molar-refractivity contribution in [2.75, 3.05) is 6.54 Å². The smallest absolute Gasteiger partial charge is 0.124 e. The maximum Gasteiger partial charge on any atom is 0.124 e. The summed E-state index contributed by atoms with van der Waals surface area (Å²) in [6.07, 6.45) is 4.74. The summed E-state index contributed by atoms with van der Waals surface area (Å²) in [6.45, 7) is 5.53. The van der Waals surface area contributed by atoms with Gasteiger partial charge in [-0.15, -0.1) is 0 Å². The van der Waals surface area contributed by atoms with Crippen molar-refractivity contribution in [2.45, 2.75) is 32.7 Å². The van der Waals surface area contributed by atoms with Crippen molar-refractivity contribution in [2.24, 2.45) is 4.99 Å². The zero-order chi connectivity index (χ0) is 7.84. The van der Waals surface area contributed by atoms with Crippen LogP contribution in [0.1, 0.15) is 26.7 Å². The predicted molar refractivity (Wildman–Crippen MR) is 46.6 cm³/mol. The molecule has 2 aliphatic rings. The van der Waals surface area contributed by atoms with Crippen LogP contribution >= 0.6 is 0 Å². The molecule has 0 saturated heterocycles. The SMILES string of the molecule is CC1=NC2=CCCCN2C1C. The standard InChI is InChI=1S/C9H14N2/c1-7-8(2)11-6-4-3-5-9(11)10-7/h5,8H,3-4,6H2,1-2H3. The van der Waals surface area contributed by atoms with Gasteiger partial charge in [-0.25, -0.2) is 4.99 Å². The minimum atomic E-state index is 0.543. The molecule has 1 unspecified atom stereocenters. The summed E-state index contributed by atoms with van der Waals surface area (Å²) in [5.41, 5.74) is 1.26. The van der Waals surface area contributed by atoms with E-state index < -0.39 is 0 Å². The predicted octanol–water partition coefficient (Wildman–Crippen LogP) is 1.79. The summed E-state index contributed by atoms with van der Waals surface area (Å²) in [5.74, 6) is 1.21. The fourth-order valence-electron chi connectivity index (χ4n) is 1.73. The lowest BCUT2D eigenvalue weighted by Gasteiger charge is -2.27. The number of hydrogen-bond acceptors (Lipinski definition) is 2. The number of nitrogens with zero attached hydrogens (tertiary/aromatic N) is 2. The summed E-state index contributed by atoms with van der Waals surface area (Å²) < 4.78 is 0. The van der Waals surface area contributed by atoms with Crippen molar-refractivity contribution >= 4 is 5.71 Å². The Labute approximate surface area is 67.6 Å². The Morgan fingerprint density at radius 1 is 1.64 bits per heavy atom. The summed E-state index contributed by atoms with van der Waals surface area (Å²) in [6, 6.07) is 0.543. The molecule has 2 nitrogen and oxygen atoms in total. The van der Waals surface area contributed by atoms with Gasteiger partial charge in [-0.05, 0) is 32.8 Å². The molecular weight excluding hydrogens is 136 g/mol. The van der Waals surface area contributed by atoms with Crippen LogP contribution in [0.25, 0.3) is 0 Å². The first-order valence-corrected chi connectivity index (χ1v) is 4.31. The third kappa shape index (κ3) is 0.971. The molecule has 0 spiro atoms. The van der Waals surface area contributed by atoms with Crippen LogP contribution < -0.4 is 0 Å². The Balaban J connectivity index is 2.29. The van der Waals surface area contributed by atoms with Gasteiger partial charge in [-0.2, -0.15) is 0 Å². The molecule has 0 fully saturated rings. The molecule has 2 heterocycles. The molecule has 0 N–H and O–H groups in total. The number of fused-ring (bicyclic) bond motifs is 1. The second-order valence-electron chi connectivity index (χ2n) is 3.33. The van der Waals surface area contributed by atoms with Crippen LogP contribution in [0.3, 0.4) is 0 Å². The average Bonchev–Trinajstić information content (AvgIpc) is 2.30. The van der Waals surface area contributed by atoms with Gasteiger partial charge in [0.25, 0.3) is 0 Å². The van der Waals surface area contributed by atoms with Crippen LogP contribution in [0.15, 0.2) is 16.9 Å². The van der Waals surface area contributed by atoms with Crippen LogP contribution in [0.5, 0.6) is 0 Å². The molecule has 2 aliphatic heterocycles. The van der Waals surface area contributed by atoms with Crippen LogP contribution in [0.4, 0.5) is 0 Å². The highest BCUT2D eigenvalue weighted by Gasteiger charge is 2.26. The lowest BCUT2D eigenvalue weighted by atomic mass is 10.1. The van der Waals surface area contributed by atoms with Crippen LogP contribution in [0, 0.1) is 0 Å². The van der Waals surface area contributed by atoms with E-state index in [1.165, 1.54) is 30.9 Å². The van der Waals surface area contributed by atoms with Crippen molar-refractivity contribution < 1.29 is 0 Å². The topological polar surface area (TPSA) is 15.6 Å².